The lowest BCUT2D eigenvalue weighted by atomic mass is 10.1. The molecule has 7 heteroatoms. The Labute approximate surface area is 163 Å². The minimum Gasteiger partial charge on any atom is -0.330 e. The number of thioether (sulfide) groups is 1. The van der Waals surface area contributed by atoms with Crippen molar-refractivity contribution in [3.8, 4) is 0 Å². The predicted molar refractivity (Wildman–Crippen MR) is 108 cm³/mol. The molecule has 2 aromatic carbocycles. The highest BCUT2D eigenvalue weighted by atomic mass is 79.9. The van der Waals surface area contributed by atoms with Gasteiger partial charge in [-0.05, 0) is 43.2 Å². The smallest absolute Gasteiger partial charge is 0.210 e. The van der Waals surface area contributed by atoms with Crippen LogP contribution in [0.2, 0.25) is 0 Å². The Morgan fingerprint density at radius 2 is 1.92 bits per heavy atom. The molecule has 0 unspecified atom stereocenters. The molecule has 0 fully saturated rings. The van der Waals surface area contributed by atoms with Gasteiger partial charge in [-0.25, -0.2) is 0 Å². The molecule has 0 aliphatic rings. The summed E-state index contributed by atoms with van der Waals surface area (Å²) in [4.78, 5) is 12.2. The quantitative estimate of drug-likeness (QED) is 0.402. The third kappa shape index (κ3) is 4.68. The van der Waals surface area contributed by atoms with Gasteiger partial charge in [-0.1, -0.05) is 63.3 Å². The zero-order valence-electron chi connectivity index (χ0n) is 13.7. The SMILES string of the molecule is Cc1cccc(Nc2nnc(SCC(=O)c3ccc(Br)cc3)s2)c1C. The van der Waals surface area contributed by atoms with Crippen LogP contribution in [-0.4, -0.2) is 21.7 Å². The van der Waals surface area contributed by atoms with Gasteiger partial charge in [-0.2, -0.15) is 0 Å². The van der Waals surface area contributed by atoms with Crippen molar-refractivity contribution in [2.75, 3.05) is 11.1 Å². The number of aryl methyl sites for hydroxylation is 1. The first-order chi connectivity index (χ1) is 12.0. The van der Waals surface area contributed by atoms with Crippen molar-refractivity contribution in [3.63, 3.8) is 0 Å². The fourth-order valence-electron chi connectivity index (χ4n) is 2.17. The van der Waals surface area contributed by atoms with Gasteiger partial charge in [0.05, 0.1) is 5.75 Å². The largest absolute Gasteiger partial charge is 0.330 e. The maximum absolute atomic E-state index is 12.2. The maximum Gasteiger partial charge on any atom is 0.210 e. The number of ketones is 1. The molecule has 1 N–H and O–H groups in total. The lowest BCUT2D eigenvalue weighted by Crippen LogP contribution is -2.01. The second kappa shape index (κ2) is 8.12. The number of rotatable bonds is 6. The Bertz CT molecular complexity index is 894. The molecule has 0 aliphatic heterocycles. The van der Waals surface area contributed by atoms with E-state index < -0.39 is 0 Å². The van der Waals surface area contributed by atoms with Crippen LogP contribution >= 0.6 is 39.0 Å². The van der Waals surface area contributed by atoms with Crippen LogP contribution in [0.15, 0.2) is 51.3 Å². The molecular weight excluding hydrogens is 418 g/mol. The van der Waals surface area contributed by atoms with Crippen molar-refractivity contribution in [2.45, 2.75) is 18.2 Å². The number of carbonyl (C=O) groups is 1. The first-order valence-corrected chi connectivity index (χ1v) is 10.2. The highest BCUT2D eigenvalue weighted by Gasteiger charge is 2.11. The molecule has 0 saturated carbocycles. The van der Waals surface area contributed by atoms with Gasteiger partial charge >= 0.3 is 0 Å². The second-order valence-electron chi connectivity index (χ2n) is 5.46. The minimum atomic E-state index is 0.0803. The van der Waals surface area contributed by atoms with E-state index in [0.717, 1.165) is 19.6 Å². The van der Waals surface area contributed by atoms with E-state index in [0.29, 0.717) is 11.3 Å². The zero-order valence-corrected chi connectivity index (χ0v) is 17.0. The molecule has 0 amide bonds. The van der Waals surface area contributed by atoms with Gasteiger partial charge in [0.25, 0.3) is 0 Å². The summed E-state index contributed by atoms with van der Waals surface area (Å²) >= 11 is 6.23. The first kappa shape index (κ1) is 18.1. The Morgan fingerprint density at radius 1 is 1.16 bits per heavy atom. The van der Waals surface area contributed by atoms with Crippen LogP contribution in [0.3, 0.4) is 0 Å². The molecule has 1 heterocycles. The lowest BCUT2D eigenvalue weighted by Gasteiger charge is -2.08. The standard InChI is InChI=1S/C18H16BrN3OS2/c1-11-4-3-5-15(12(11)2)20-17-21-22-18(25-17)24-10-16(23)13-6-8-14(19)9-7-13/h3-9H,10H2,1-2H3,(H,20,21). The zero-order chi connectivity index (χ0) is 17.8. The number of hydrogen-bond donors (Lipinski definition) is 1. The molecule has 3 rings (SSSR count). The molecule has 0 atom stereocenters. The summed E-state index contributed by atoms with van der Waals surface area (Å²) in [6.45, 7) is 4.15. The van der Waals surface area contributed by atoms with Crippen molar-refractivity contribution < 1.29 is 4.79 Å². The van der Waals surface area contributed by atoms with Crippen molar-refractivity contribution in [3.05, 3.63) is 63.6 Å². The molecule has 0 saturated heterocycles. The predicted octanol–water partition coefficient (Wildman–Crippen LogP) is 5.64. The van der Waals surface area contributed by atoms with Gasteiger partial charge in [0.2, 0.25) is 5.13 Å². The molecule has 128 valence electrons. The van der Waals surface area contributed by atoms with Crippen LogP contribution in [0, 0.1) is 13.8 Å². The van der Waals surface area contributed by atoms with E-state index in [9.17, 15) is 4.79 Å². The average molecular weight is 434 g/mol. The summed E-state index contributed by atoms with van der Waals surface area (Å²) in [5.41, 5.74) is 4.15. The minimum absolute atomic E-state index is 0.0803. The molecule has 4 nitrogen and oxygen atoms in total. The van der Waals surface area contributed by atoms with E-state index in [4.69, 9.17) is 0 Å². The van der Waals surface area contributed by atoms with Crippen LogP contribution < -0.4 is 5.32 Å². The van der Waals surface area contributed by atoms with Crippen LogP contribution in [0.25, 0.3) is 0 Å². The van der Waals surface area contributed by atoms with E-state index in [1.807, 2.05) is 36.4 Å². The normalized spacial score (nSPS) is 10.7. The lowest BCUT2D eigenvalue weighted by molar-refractivity contribution is 0.102. The Morgan fingerprint density at radius 3 is 2.68 bits per heavy atom. The number of hydrogen-bond acceptors (Lipinski definition) is 6. The van der Waals surface area contributed by atoms with Gasteiger partial charge in [-0.15, -0.1) is 10.2 Å². The average Bonchev–Trinajstić information content (AvgIpc) is 3.05. The van der Waals surface area contributed by atoms with E-state index >= 15 is 0 Å². The molecular formula is C18H16BrN3OS2. The van der Waals surface area contributed by atoms with E-state index in [1.54, 1.807) is 0 Å². The number of nitrogens with one attached hydrogen (secondary N) is 1. The first-order valence-electron chi connectivity index (χ1n) is 7.61. The molecule has 0 aliphatic carbocycles. The fraction of sp³-hybridized carbons (Fsp3) is 0.167. The topological polar surface area (TPSA) is 54.9 Å². The number of Topliss-reactive ketones (excluding diaryl/α,β-unsaturated/α-hetero) is 1. The fourth-order valence-corrected chi connectivity index (χ4v) is 4.09. The van der Waals surface area contributed by atoms with Crippen LogP contribution in [0.1, 0.15) is 21.5 Å². The van der Waals surface area contributed by atoms with Gasteiger partial charge in [0.1, 0.15) is 0 Å². The van der Waals surface area contributed by atoms with Crippen molar-refractivity contribution in [2.24, 2.45) is 0 Å². The Balaban J connectivity index is 1.61. The summed E-state index contributed by atoms with van der Waals surface area (Å²) in [7, 11) is 0. The molecule has 1 aromatic heterocycles. The summed E-state index contributed by atoms with van der Waals surface area (Å²) < 4.78 is 1.74. The highest BCUT2D eigenvalue weighted by Crippen LogP contribution is 2.29. The summed E-state index contributed by atoms with van der Waals surface area (Å²) in [6.07, 6.45) is 0. The van der Waals surface area contributed by atoms with Crippen molar-refractivity contribution in [1.82, 2.24) is 10.2 Å². The van der Waals surface area contributed by atoms with E-state index in [2.05, 4.69) is 51.4 Å². The van der Waals surface area contributed by atoms with Gasteiger partial charge in [0.15, 0.2) is 10.1 Å². The summed E-state index contributed by atoms with van der Waals surface area (Å²) in [5.74, 6) is 0.427. The second-order valence-corrected chi connectivity index (χ2v) is 8.58. The molecule has 25 heavy (non-hydrogen) atoms. The summed E-state index contributed by atoms with van der Waals surface area (Å²) in [6, 6.07) is 13.5. The number of benzene rings is 2. The van der Waals surface area contributed by atoms with E-state index in [-0.39, 0.29) is 5.78 Å². The molecule has 0 spiro atoms. The number of nitrogens with zero attached hydrogens (tertiary/aromatic N) is 2. The van der Waals surface area contributed by atoms with Gasteiger partial charge in [0, 0.05) is 15.7 Å². The number of aromatic nitrogens is 2. The molecule has 3 aromatic rings. The van der Waals surface area contributed by atoms with Crippen LogP contribution in [0.5, 0.6) is 0 Å². The van der Waals surface area contributed by atoms with Gasteiger partial charge in [-0.3, -0.25) is 4.79 Å². The molecule has 0 radical (unpaired) electrons. The third-order valence-corrected chi connectivity index (χ3v) is 6.25. The number of carbonyl (C=O) groups excluding carboxylic acids is 1. The Kier molecular flexibility index (Phi) is 5.88. The van der Waals surface area contributed by atoms with E-state index in [1.165, 1.54) is 34.2 Å². The van der Waals surface area contributed by atoms with Crippen LogP contribution in [-0.2, 0) is 0 Å². The number of halogens is 1. The third-order valence-electron chi connectivity index (χ3n) is 3.75. The maximum atomic E-state index is 12.2. The van der Waals surface area contributed by atoms with Crippen molar-refractivity contribution >= 4 is 55.6 Å². The summed E-state index contributed by atoms with van der Waals surface area (Å²) in [5, 5.41) is 12.3. The highest BCUT2D eigenvalue weighted by molar-refractivity contribution is 9.10. The number of anilines is 2. The van der Waals surface area contributed by atoms with Gasteiger partial charge < -0.3 is 5.32 Å². The van der Waals surface area contributed by atoms with Crippen LogP contribution in [0.4, 0.5) is 10.8 Å². The monoisotopic (exact) mass is 433 g/mol. The Hall–Kier alpha value is -1.70. The van der Waals surface area contributed by atoms with Crippen molar-refractivity contribution in [1.29, 1.82) is 0 Å². The molecule has 0 bridgehead atoms.